The molecule has 0 aromatic heterocycles. The first-order valence-corrected chi connectivity index (χ1v) is 11.0. The molecular weight excluding hydrogens is 382 g/mol. The molecular formula is C20H23NO6S. The highest BCUT2D eigenvalue weighted by Crippen LogP contribution is 2.36. The van der Waals surface area contributed by atoms with Crippen molar-refractivity contribution in [3.8, 4) is 17.2 Å². The van der Waals surface area contributed by atoms with E-state index in [4.69, 9.17) is 18.9 Å². The zero-order chi connectivity index (χ0) is 19.6. The zero-order valence-electron chi connectivity index (χ0n) is 15.7. The molecule has 8 heteroatoms. The summed E-state index contributed by atoms with van der Waals surface area (Å²) in [6.07, 6.45) is 1.04. The maximum Gasteiger partial charge on any atom is 0.231 e. The molecule has 0 N–H and O–H groups in total. The van der Waals surface area contributed by atoms with Crippen molar-refractivity contribution < 1.29 is 27.4 Å². The fourth-order valence-corrected chi connectivity index (χ4v) is 4.00. The topological polar surface area (TPSA) is 74.3 Å². The van der Waals surface area contributed by atoms with Crippen LogP contribution < -0.4 is 14.2 Å². The van der Waals surface area contributed by atoms with Gasteiger partial charge in [0, 0.05) is 31.5 Å². The predicted octanol–water partition coefficient (Wildman–Crippen LogP) is 2.10. The van der Waals surface area contributed by atoms with Crippen LogP contribution in [0.2, 0.25) is 0 Å². The van der Waals surface area contributed by atoms with E-state index in [2.05, 4.69) is 4.90 Å². The summed E-state index contributed by atoms with van der Waals surface area (Å²) in [4.78, 5) is 2.54. The smallest absolute Gasteiger partial charge is 0.231 e. The van der Waals surface area contributed by atoms with Crippen molar-refractivity contribution in [1.29, 1.82) is 0 Å². The summed E-state index contributed by atoms with van der Waals surface area (Å²) in [5.41, 5.74) is 1.08. The molecule has 0 saturated carbocycles. The van der Waals surface area contributed by atoms with Crippen molar-refractivity contribution in [1.82, 2.24) is 4.90 Å². The van der Waals surface area contributed by atoms with Gasteiger partial charge in [0.15, 0.2) is 21.3 Å². The SMILES string of the molecule is CS(=O)(=O)c1ccc(O[C@H]2COCCN(Cc3cccc4c3OCO4)C2)cc1. The van der Waals surface area contributed by atoms with Crippen LogP contribution >= 0.6 is 0 Å². The lowest BCUT2D eigenvalue weighted by Gasteiger charge is -2.24. The number of nitrogens with zero attached hydrogens (tertiary/aromatic N) is 1. The molecule has 1 atom stereocenters. The molecule has 0 radical (unpaired) electrons. The second-order valence-electron chi connectivity index (χ2n) is 6.94. The summed E-state index contributed by atoms with van der Waals surface area (Å²) in [6, 6.07) is 12.4. The maximum atomic E-state index is 11.6. The van der Waals surface area contributed by atoms with Crippen LogP contribution in [0.25, 0.3) is 0 Å². The van der Waals surface area contributed by atoms with E-state index in [9.17, 15) is 8.42 Å². The maximum absolute atomic E-state index is 11.6. The molecule has 4 rings (SSSR count). The fourth-order valence-electron chi connectivity index (χ4n) is 3.37. The molecule has 0 bridgehead atoms. The van der Waals surface area contributed by atoms with Crippen molar-refractivity contribution >= 4 is 9.84 Å². The molecule has 2 heterocycles. The molecule has 2 aromatic carbocycles. The molecule has 2 aliphatic rings. The monoisotopic (exact) mass is 405 g/mol. The number of hydrogen-bond donors (Lipinski definition) is 0. The Morgan fingerprint density at radius 3 is 2.75 bits per heavy atom. The quantitative estimate of drug-likeness (QED) is 0.754. The Bertz CT molecular complexity index is 928. The first kappa shape index (κ1) is 19.0. The van der Waals surface area contributed by atoms with Crippen LogP contribution in [0, 0.1) is 0 Å². The molecule has 0 amide bonds. The molecule has 28 heavy (non-hydrogen) atoms. The Labute approximate surface area is 164 Å². The van der Waals surface area contributed by atoms with Gasteiger partial charge in [-0.1, -0.05) is 12.1 Å². The van der Waals surface area contributed by atoms with Gasteiger partial charge in [-0.15, -0.1) is 0 Å². The van der Waals surface area contributed by atoms with Crippen molar-refractivity contribution in [3.05, 3.63) is 48.0 Å². The van der Waals surface area contributed by atoms with Gasteiger partial charge in [0.05, 0.1) is 18.1 Å². The van der Waals surface area contributed by atoms with Gasteiger partial charge in [-0.05, 0) is 30.3 Å². The molecule has 7 nitrogen and oxygen atoms in total. The van der Waals surface area contributed by atoms with E-state index in [1.165, 1.54) is 6.26 Å². The third-order valence-corrected chi connectivity index (χ3v) is 5.87. The van der Waals surface area contributed by atoms with E-state index in [0.29, 0.717) is 32.1 Å². The van der Waals surface area contributed by atoms with E-state index in [1.54, 1.807) is 24.3 Å². The molecule has 2 aromatic rings. The normalized spacial score (nSPS) is 20.0. The Morgan fingerprint density at radius 2 is 1.96 bits per heavy atom. The molecule has 1 fully saturated rings. The Hall–Kier alpha value is -2.29. The average molecular weight is 405 g/mol. The van der Waals surface area contributed by atoms with E-state index < -0.39 is 9.84 Å². The highest BCUT2D eigenvalue weighted by atomic mass is 32.2. The van der Waals surface area contributed by atoms with Gasteiger partial charge in [0.2, 0.25) is 6.79 Å². The number of fused-ring (bicyclic) bond motifs is 1. The lowest BCUT2D eigenvalue weighted by Crippen LogP contribution is -2.35. The van der Waals surface area contributed by atoms with Crippen molar-refractivity contribution in [2.75, 3.05) is 39.4 Å². The lowest BCUT2D eigenvalue weighted by atomic mass is 10.1. The van der Waals surface area contributed by atoms with Crippen LogP contribution in [0.5, 0.6) is 17.2 Å². The minimum absolute atomic E-state index is 0.152. The average Bonchev–Trinajstić information content (AvgIpc) is 3.04. The number of benzene rings is 2. The molecule has 1 saturated heterocycles. The zero-order valence-corrected chi connectivity index (χ0v) is 16.5. The van der Waals surface area contributed by atoms with Crippen LogP contribution in [-0.2, 0) is 21.1 Å². The van der Waals surface area contributed by atoms with E-state index in [0.717, 1.165) is 23.6 Å². The van der Waals surface area contributed by atoms with Gasteiger partial charge in [-0.2, -0.15) is 0 Å². The van der Waals surface area contributed by atoms with E-state index in [1.807, 2.05) is 18.2 Å². The number of hydrogen-bond acceptors (Lipinski definition) is 7. The summed E-state index contributed by atoms with van der Waals surface area (Å²) < 4.78 is 46.0. The van der Waals surface area contributed by atoms with Gasteiger partial charge in [-0.25, -0.2) is 8.42 Å². The van der Waals surface area contributed by atoms with Crippen LogP contribution in [0.4, 0.5) is 0 Å². The summed E-state index contributed by atoms with van der Waals surface area (Å²) in [5, 5.41) is 0. The summed E-state index contributed by atoms with van der Waals surface area (Å²) in [6.45, 7) is 3.55. The summed E-state index contributed by atoms with van der Waals surface area (Å²) >= 11 is 0. The van der Waals surface area contributed by atoms with E-state index >= 15 is 0 Å². The van der Waals surface area contributed by atoms with Crippen LogP contribution in [0.3, 0.4) is 0 Å². The summed E-state index contributed by atoms with van der Waals surface area (Å²) in [5.74, 6) is 2.21. The Morgan fingerprint density at radius 1 is 1.14 bits per heavy atom. The van der Waals surface area contributed by atoms with Crippen LogP contribution in [0.1, 0.15) is 5.56 Å². The molecule has 0 aliphatic carbocycles. The second kappa shape index (κ2) is 7.98. The van der Waals surface area contributed by atoms with Gasteiger partial charge in [0.25, 0.3) is 0 Å². The molecule has 0 unspecified atom stereocenters. The number of para-hydroxylation sites is 1. The van der Waals surface area contributed by atoms with Crippen molar-refractivity contribution in [2.45, 2.75) is 17.5 Å². The number of sulfone groups is 1. The van der Waals surface area contributed by atoms with Crippen LogP contribution in [-0.4, -0.2) is 58.8 Å². The third-order valence-electron chi connectivity index (χ3n) is 4.74. The molecule has 2 aliphatic heterocycles. The van der Waals surface area contributed by atoms with Crippen molar-refractivity contribution in [3.63, 3.8) is 0 Å². The van der Waals surface area contributed by atoms with Crippen LogP contribution in [0.15, 0.2) is 47.4 Å². The van der Waals surface area contributed by atoms with Crippen molar-refractivity contribution in [2.24, 2.45) is 0 Å². The second-order valence-corrected chi connectivity index (χ2v) is 8.96. The number of ether oxygens (including phenoxy) is 4. The standard InChI is InChI=1S/C20H23NO6S/c1-28(22,23)18-7-5-16(6-8-18)27-17-12-21(9-10-24-13-17)11-15-3-2-4-19-20(15)26-14-25-19/h2-8,17H,9-14H2,1H3/t17-/m1/s1. The van der Waals surface area contributed by atoms with E-state index in [-0.39, 0.29) is 17.8 Å². The molecule has 150 valence electrons. The lowest BCUT2D eigenvalue weighted by molar-refractivity contribution is 0.0710. The van der Waals surface area contributed by atoms with Gasteiger partial charge < -0.3 is 18.9 Å². The van der Waals surface area contributed by atoms with Gasteiger partial charge in [0.1, 0.15) is 11.9 Å². The first-order chi connectivity index (χ1) is 13.5. The molecule has 0 spiro atoms. The fraction of sp³-hybridized carbons (Fsp3) is 0.400. The Balaban J connectivity index is 1.42. The predicted molar refractivity (Wildman–Crippen MR) is 103 cm³/mol. The number of rotatable bonds is 5. The largest absolute Gasteiger partial charge is 0.487 e. The highest BCUT2D eigenvalue weighted by Gasteiger charge is 2.24. The highest BCUT2D eigenvalue weighted by molar-refractivity contribution is 7.90. The summed E-state index contributed by atoms with van der Waals surface area (Å²) in [7, 11) is -3.22. The Kier molecular flexibility index (Phi) is 5.43. The minimum Gasteiger partial charge on any atom is -0.487 e. The van der Waals surface area contributed by atoms with Gasteiger partial charge >= 0.3 is 0 Å². The third kappa shape index (κ3) is 4.40. The minimum atomic E-state index is -3.22. The first-order valence-electron chi connectivity index (χ1n) is 9.13. The van der Waals surface area contributed by atoms with Gasteiger partial charge in [-0.3, -0.25) is 4.90 Å².